The summed E-state index contributed by atoms with van der Waals surface area (Å²) in [6, 6.07) is 0.635. The van der Waals surface area contributed by atoms with Gasteiger partial charge >= 0.3 is 0 Å². The summed E-state index contributed by atoms with van der Waals surface area (Å²) in [7, 11) is 0. The molecule has 0 spiro atoms. The third-order valence-corrected chi connectivity index (χ3v) is 2.92. The van der Waals surface area contributed by atoms with Gasteiger partial charge in [-0.05, 0) is 39.2 Å². The molecule has 0 bridgehead atoms. The second-order valence-electron chi connectivity index (χ2n) is 4.41. The predicted molar refractivity (Wildman–Crippen MR) is 59.3 cm³/mol. The molecule has 0 aromatic rings. The molecule has 0 aromatic heterocycles. The monoisotopic (exact) mass is 200 g/mol. The molecule has 0 heterocycles. The Morgan fingerprint density at radius 1 is 1.43 bits per heavy atom. The van der Waals surface area contributed by atoms with E-state index in [0.717, 1.165) is 19.7 Å². The quantitative estimate of drug-likeness (QED) is 0.632. The molecule has 1 rings (SSSR count). The van der Waals surface area contributed by atoms with Gasteiger partial charge in [0.05, 0.1) is 12.7 Å². The molecular formula is C11H24N2O. The smallest absolute Gasteiger partial charge is 0.0594 e. The van der Waals surface area contributed by atoms with Crippen LogP contribution in [0.3, 0.4) is 0 Å². The van der Waals surface area contributed by atoms with Crippen LogP contribution in [0.4, 0.5) is 0 Å². The fourth-order valence-electron chi connectivity index (χ4n) is 2.13. The highest BCUT2D eigenvalue weighted by Gasteiger charge is 2.24. The van der Waals surface area contributed by atoms with E-state index in [9.17, 15) is 0 Å². The number of hydrogen-bond acceptors (Lipinski definition) is 3. The fourth-order valence-corrected chi connectivity index (χ4v) is 2.13. The van der Waals surface area contributed by atoms with E-state index in [0.29, 0.717) is 18.1 Å². The van der Waals surface area contributed by atoms with Gasteiger partial charge in [-0.2, -0.15) is 0 Å². The summed E-state index contributed by atoms with van der Waals surface area (Å²) in [5, 5.41) is 3.53. The summed E-state index contributed by atoms with van der Waals surface area (Å²) >= 11 is 0. The summed E-state index contributed by atoms with van der Waals surface area (Å²) < 4.78 is 5.48. The topological polar surface area (TPSA) is 47.3 Å². The lowest BCUT2D eigenvalue weighted by molar-refractivity contribution is 0.0786. The number of ether oxygens (including phenoxy) is 1. The molecule has 3 nitrogen and oxygen atoms in total. The zero-order chi connectivity index (χ0) is 10.4. The van der Waals surface area contributed by atoms with Crippen molar-refractivity contribution in [2.24, 2.45) is 11.7 Å². The van der Waals surface area contributed by atoms with Crippen LogP contribution in [-0.4, -0.2) is 31.8 Å². The summed E-state index contributed by atoms with van der Waals surface area (Å²) in [6.45, 7) is 6.73. The molecule has 1 aliphatic carbocycles. The molecule has 0 saturated heterocycles. The normalized spacial score (nSPS) is 27.4. The summed E-state index contributed by atoms with van der Waals surface area (Å²) in [6.07, 6.45) is 4.23. The van der Waals surface area contributed by atoms with Crippen molar-refractivity contribution in [2.45, 2.75) is 45.3 Å². The van der Waals surface area contributed by atoms with Gasteiger partial charge in [0.1, 0.15) is 0 Å². The average Bonchev–Trinajstić information content (AvgIpc) is 2.59. The lowest BCUT2D eigenvalue weighted by Gasteiger charge is -2.19. The molecule has 0 amide bonds. The van der Waals surface area contributed by atoms with Crippen LogP contribution >= 0.6 is 0 Å². The van der Waals surface area contributed by atoms with Crippen LogP contribution in [0.2, 0.25) is 0 Å². The maximum Gasteiger partial charge on any atom is 0.0594 e. The van der Waals surface area contributed by atoms with E-state index < -0.39 is 0 Å². The van der Waals surface area contributed by atoms with E-state index in [2.05, 4.69) is 19.2 Å². The Labute approximate surface area is 87.4 Å². The molecule has 1 fully saturated rings. The molecular weight excluding hydrogens is 176 g/mol. The highest BCUT2D eigenvalue weighted by atomic mass is 16.5. The Morgan fingerprint density at radius 3 is 2.86 bits per heavy atom. The van der Waals surface area contributed by atoms with Crippen LogP contribution in [0.25, 0.3) is 0 Å². The van der Waals surface area contributed by atoms with Gasteiger partial charge in [-0.25, -0.2) is 0 Å². The fraction of sp³-hybridized carbons (Fsp3) is 1.00. The van der Waals surface area contributed by atoms with Crippen molar-refractivity contribution in [3.63, 3.8) is 0 Å². The van der Waals surface area contributed by atoms with Gasteiger partial charge in [0.25, 0.3) is 0 Å². The Bertz CT molecular complexity index is 150. The predicted octanol–water partition coefficient (Wildman–Crippen LogP) is 1.13. The molecule has 0 radical (unpaired) electrons. The molecule has 0 aliphatic heterocycles. The van der Waals surface area contributed by atoms with Crippen molar-refractivity contribution in [3.05, 3.63) is 0 Å². The van der Waals surface area contributed by atoms with Crippen molar-refractivity contribution in [3.8, 4) is 0 Å². The lowest BCUT2D eigenvalue weighted by Crippen LogP contribution is -2.38. The van der Waals surface area contributed by atoms with Crippen molar-refractivity contribution in [2.75, 3.05) is 19.7 Å². The molecule has 1 saturated carbocycles. The van der Waals surface area contributed by atoms with E-state index in [1.54, 1.807) is 0 Å². The largest absolute Gasteiger partial charge is 0.377 e. The first kappa shape index (κ1) is 12.0. The lowest BCUT2D eigenvalue weighted by atomic mass is 10.0. The summed E-state index contributed by atoms with van der Waals surface area (Å²) in [5.41, 5.74) is 5.71. The minimum Gasteiger partial charge on any atom is -0.377 e. The van der Waals surface area contributed by atoms with Crippen LogP contribution < -0.4 is 11.1 Å². The van der Waals surface area contributed by atoms with Crippen LogP contribution in [0.15, 0.2) is 0 Å². The number of rotatable bonds is 6. The standard InChI is InChI=1S/C11H24N2O/c1-9(2)14-7-6-13-11-5-3-4-10(11)8-12/h9-11,13H,3-8,12H2,1-2H3. The first-order valence-corrected chi connectivity index (χ1v) is 5.79. The van der Waals surface area contributed by atoms with Crippen LogP contribution in [-0.2, 0) is 4.74 Å². The van der Waals surface area contributed by atoms with Gasteiger partial charge < -0.3 is 15.8 Å². The van der Waals surface area contributed by atoms with Gasteiger partial charge in [-0.1, -0.05) is 6.42 Å². The first-order valence-electron chi connectivity index (χ1n) is 5.79. The third-order valence-electron chi connectivity index (χ3n) is 2.92. The van der Waals surface area contributed by atoms with E-state index in [1.807, 2.05) is 0 Å². The molecule has 0 aromatic carbocycles. The highest BCUT2D eigenvalue weighted by Crippen LogP contribution is 2.24. The van der Waals surface area contributed by atoms with Gasteiger partial charge in [-0.3, -0.25) is 0 Å². The number of nitrogens with two attached hydrogens (primary N) is 1. The Hall–Kier alpha value is -0.120. The Kier molecular flexibility index (Phi) is 5.45. The highest BCUT2D eigenvalue weighted by molar-refractivity contribution is 4.83. The zero-order valence-electron chi connectivity index (χ0n) is 9.46. The molecule has 84 valence electrons. The number of hydrogen-bond donors (Lipinski definition) is 2. The SMILES string of the molecule is CC(C)OCCNC1CCCC1CN. The maximum atomic E-state index is 5.71. The average molecular weight is 200 g/mol. The third kappa shape index (κ3) is 3.95. The van der Waals surface area contributed by atoms with Crippen molar-refractivity contribution in [1.82, 2.24) is 5.32 Å². The summed E-state index contributed by atoms with van der Waals surface area (Å²) in [4.78, 5) is 0. The van der Waals surface area contributed by atoms with E-state index in [-0.39, 0.29) is 0 Å². The van der Waals surface area contributed by atoms with Crippen molar-refractivity contribution in [1.29, 1.82) is 0 Å². The second kappa shape index (κ2) is 6.38. The molecule has 1 aliphatic rings. The second-order valence-corrected chi connectivity index (χ2v) is 4.41. The first-order chi connectivity index (χ1) is 6.74. The Morgan fingerprint density at radius 2 is 2.21 bits per heavy atom. The molecule has 3 N–H and O–H groups in total. The van der Waals surface area contributed by atoms with Crippen molar-refractivity contribution < 1.29 is 4.74 Å². The number of nitrogens with one attached hydrogen (secondary N) is 1. The van der Waals surface area contributed by atoms with Gasteiger partial charge in [0, 0.05) is 12.6 Å². The van der Waals surface area contributed by atoms with Gasteiger partial charge in [0.2, 0.25) is 0 Å². The van der Waals surface area contributed by atoms with Crippen molar-refractivity contribution >= 4 is 0 Å². The van der Waals surface area contributed by atoms with Crippen LogP contribution in [0.5, 0.6) is 0 Å². The molecule has 3 heteroatoms. The van der Waals surface area contributed by atoms with Crippen LogP contribution in [0, 0.1) is 5.92 Å². The molecule has 2 atom stereocenters. The van der Waals surface area contributed by atoms with Gasteiger partial charge in [0.15, 0.2) is 0 Å². The minimum absolute atomic E-state index is 0.339. The zero-order valence-corrected chi connectivity index (χ0v) is 9.46. The van der Waals surface area contributed by atoms with Gasteiger partial charge in [-0.15, -0.1) is 0 Å². The summed E-state index contributed by atoms with van der Waals surface area (Å²) in [5.74, 6) is 0.689. The van der Waals surface area contributed by atoms with Crippen LogP contribution in [0.1, 0.15) is 33.1 Å². The Balaban J connectivity index is 2.05. The minimum atomic E-state index is 0.339. The van der Waals surface area contributed by atoms with E-state index >= 15 is 0 Å². The van der Waals surface area contributed by atoms with E-state index in [4.69, 9.17) is 10.5 Å². The molecule has 14 heavy (non-hydrogen) atoms. The van der Waals surface area contributed by atoms with E-state index in [1.165, 1.54) is 19.3 Å². The maximum absolute atomic E-state index is 5.71. The molecule has 2 unspecified atom stereocenters.